The fourth-order valence-corrected chi connectivity index (χ4v) is 1.76. The van der Waals surface area contributed by atoms with E-state index in [0.717, 1.165) is 18.8 Å². The molecule has 86 valence electrons. The summed E-state index contributed by atoms with van der Waals surface area (Å²) < 4.78 is 0. The van der Waals surface area contributed by atoms with Gasteiger partial charge < -0.3 is 10.6 Å². The third-order valence-corrected chi connectivity index (χ3v) is 2.45. The smallest absolute Gasteiger partial charge is 0.101 e. The van der Waals surface area contributed by atoms with E-state index in [4.69, 9.17) is 11.0 Å². The first-order chi connectivity index (χ1) is 7.58. The minimum absolute atomic E-state index is 0.573. The number of nitrogens with two attached hydrogens (primary N) is 1. The predicted octanol–water partition coefficient (Wildman–Crippen LogP) is 2.62. The van der Waals surface area contributed by atoms with E-state index in [-0.39, 0.29) is 0 Å². The van der Waals surface area contributed by atoms with Crippen molar-refractivity contribution in [3.05, 3.63) is 23.8 Å². The second-order valence-electron chi connectivity index (χ2n) is 4.32. The maximum absolute atomic E-state index is 9.09. The molecule has 0 bridgehead atoms. The molecule has 0 aliphatic heterocycles. The zero-order valence-corrected chi connectivity index (χ0v) is 10.2. The Morgan fingerprint density at radius 2 is 2.12 bits per heavy atom. The highest BCUT2D eigenvalue weighted by Crippen LogP contribution is 2.23. The summed E-state index contributed by atoms with van der Waals surface area (Å²) in [4.78, 5) is 2.21. The topological polar surface area (TPSA) is 53.0 Å². The van der Waals surface area contributed by atoms with Crippen LogP contribution in [0, 0.1) is 17.2 Å². The van der Waals surface area contributed by atoms with Crippen LogP contribution in [0.4, 0.5) is 11.4 Å². The standard InChI is InChI=1S/C13H19N3/c1-4-16(9-10(2)3)13-6-5-12(15)7-11(13)8-14/h5-7,10H,4,9,15H2,1-3H3. The summed E-state index contributed by atoms with van der Waals surface area (Å²) >= 11 is 0. The van der Waals surface area contributed by atoms with Crippen LogP contribution in [0.15, 0.2) is 18.2 Å². The molecule has 3 heteroatoms. The molecule has 0 saturated carbocycles. The number of hydrogen-bond donors (Lipinski definition) is 1. The average Bonchev–Trinajstić information content (AvgIpc) is 2.25. The van der Waals surface area contributed by atoms with Crippen molar-refractivity contribution in [1.29, 1.82) is 5.26 Å². The van der Waals surface area contributed by atoms with Gasteiger partial charge in [0.2, 0.25) is 0 Å². The maximum Gasteiger partial charge on any atom is 0.101 e. The molecule has 0 radical (unpaired) electrons. The van der Waals surface area contributed by atoms with Gasteiger partial charge in [0, 0.05) is 18.8 Å². The Morgan fingerprint density at radius 1 is 1.44 bits per heavy atom. The van der Waals surface area contributed by atoms with Crippen LogP contribution in [0.3, 0.4) is 0 Å². The summed E-state index contributed by atoms with van der Waals surface area (Å²) in [6.45, 7) is 8.30. The zero-order valence-electron chi connectivity index (χ0n) is 10.2. The van der Waals surface area contributed by atoms with Gasteiger partial charge in [0.15, 0.2) is 0 Å². The third-order valence-electron chi connectivity index (χ3n) is 2.45. The lowest BCUT2D eigenvalue weighted by atomic mass is 10.1. The van der Waals surface area contributed by atoms with Crippen LogP contribution in [-0.2, 0) is 0 Å². The molecular weight excluding hydrogens is 198 g/mol. The van der Waals surface area contributed by atoms with Crippen molar-refractivity contribution >= 4 is 11.4 Å². The van der Waals surface area contributed by atoms with Crippen molar-refractivity contribution in [3.63, 3.8) is 0 Å². The van der Waals surface area contributed by atoms with Crippen LogP contribution < -0.4 is 10.6 Å². The van der Waals surface area contributed by atoms with E-state index in [1.807, 2.05) is 12.1 Å². The van der Waals surface area contributed by atoms with Crippen LogP contribution in [-0.4, -0.2) is 13.1 Å². The highest BCUT2D eigenvalue weighted by molar-refractivity contribution is 5.64. The summed E-state index contributed by atoms with van der Waals surface area (Å²) in [5, 5.41) is 9.09. The maximum atomic E-state index is 9.09. The van der Waals surface area contributed by atoms with E-state index < -0.39 is 0 Å². The lowest BCUT2D eigenvalue weighted by Crippen LogP contribution is -2.27. The first kappa shape index (κ1) is 12.4. The number of hydrogen-bond acceptors (Lipinski definition) is 3. The molecule has 0 fully saturated rings. The average molecular weight is 217 g/mol. The van der Waals surface area contributed by atoms with E-state index in [1.54, 1.807) is 6.07 Å². The van der Waals surface area contributed by atoms with Crippen molar-refractivity contribution < 1.29 is 0 Å². The fourth-order valence-electron chi connectivity index (χ4n) is 1.76. The molecule has 0 unspecified atom stereocenters. The van der Waals surface area contributed by atoms with Crippen LogP contribution in [0.2, 0.25) is 0 Å². The Morgan fingerprint density at radius 3 is 2.62 bits per heavy atom. The largest absolute Gasteiger partial charge is 0.399 e. The molecule has 0 atom stereocenters. The van der Waals surface area contributed by atoms with Gasteiger partial charge in [-0.1, -0.05) is 13.8 Å². The molecule has 1 aromatic carbocycles. The van der Waals surface area contributed by atoms with Crippen molar-refractivity contribution in [3.8, 4) is 6.07 Å². The zero-order chi connectivity index (χ0) is 12.1. The molecular formula is C13H19N3. The van der Waals surface area contributed by atoms with Gasteiger partial charge in [-0.15, -0.1) is 0 Å². The van der Waals surface area contributed by atoms with Gasteiger partial charge in [-0.05, 0) is 31.0 Å². The van der Waals surface area contributed by atoms with Gasteiger partial charge in [-0.25, -0.2) is 0 Å². The summed E-state index contributed by atoms with van der Waals surface area (Å²) in [7, 11) is 0. The van der Waals surface area contributed by atoms with E-state index in [9.17, 15) is 0 Å². The molecule has 0 amide bonds. The minimum Gasteiger partial charge on any atom is -0.399 e. The van der Waals surface area contributed by atoms with Crippen LogP contribution >= 0.6 is 0 Å². The molecule has 0 spiro atoms. The van der Waals surface area contributed by atoms with Crippen LogP contribution in [0.5, 0.6) is 0 Å². The van der Waals surface area contributed by atoms with Gasteiger partial charge >= 0.3 is 0 Å². The second-order valence-corrected chi connectivity index (χ2v) is 4.32. The molecule has 0 saturated heterocycles. The van der Waals surface area contributed by atoms with Crippen molar-refractivity contribution in [1.82, 2.24) is 0 Å². The lowest BCUT2D eigenvalue weighted by molar-refractivity contribution is 0.618. The Labute approximate surface area is 97.5 Å². The Balaban J connectivity index is 3.05. The molecule has 16 heavy (non-hydrogen) atoms. The summed E-state index contributed by atoms with van der Waals surface area (Å²) in [5.41, 5.74) is 7.95. The first-order valence-electron chi connectivity index (χ1n) is 5.63. The van der Waals surface area contributed by atoms with Crippen molar-refractivity contribution in [2.75, 3.05) is 23.7 Å². The highest BCUT2D eigenvalue weighted by atomic mass is 15.1. The SMILES string of the molecule is CCN(CC(C)C)c1ccc(N)cc1C#N. The highest BCUT2D eigenvalue weighted by Gasteiger charge is 2.11. The van der Waals surface area contributed by atoms with E-state index >= 15 is 0 Å². The second kappa shape index (κ2) is 5.41. The first-order valence-corrected chi connectivity index (χ1v) is 5.63. The minimum atomic E-state index is 0.573. The Kier molecular flexibility index (Phi) is 4.19. The van der Waals surface area contributed by atoms with Crippen LogP contribution in [0.1, 0.15) is 26.3 Å². The lowest BCUT2D eigenvalue weighted by Gasteiger charge is -2.26. The Hall–Kier alpha value is -1.69. The number of anilines is 2. The van der Waals surface area contributed by atoms with Gasteiger partial charge in [0.25, 0.3) is 0 Å². The van der Waals surface area contributed by atoms with Gasteiger partial charge in [0.05, 0.1) is 11.3 Å². The normalized spacial score (nSPS) is 10.2. The van der Waals surface area contributed by atoms with Crippen molar-refractivity contribution in [2.24, 2.45) is 5.92 Å². The number of rotatable bonds is 4. The van der Waals surface area contributed by atoms with Crippen molar-refractivity contribution in [2.45, 2.75) is 20.8 Å². The molecule has 3 nitrogen and oxygen atoms in total. The number of nitriles is 1. The Bertz CT molecular complexity index is 391. The van der Waals surface area contributed by atoms with E-state index in [2.05, 4.69) is 31.7 Å². The molecule has 0 aromatic heterocycles. The monoisotopic (exact) mass is 217 g/mol. The third kappa shape index (κ3) is 2.90. The summed E-state index contributed by atoms with van der Waals surface area (Å²) in [5.74, 6) is 0.573. The molecule has 1 rings (SSSR count). The van der Waals surface area contributed by atoms with Crippen LogP contribution in [0.25, 0.3) is 0 Å². The number of nitrogens with zero attached hydrogens (tertiary/aromatic N) is 2. The van der Waals surface area contributed by atoms with E-state index in [1.165, 1.54) is 0 Å². The number of benzene rings is 1. The molecule has 0 aliphatic rings. The quantitative estimate of drug-likeness (QED) is 0.789. The molecule has 0 heterocycles. The predicted molar refractivity (Wildman–Crippen MR) is 68.3 cm³/mol. The van der Waals surface area contributed by atoms with E-state index in [0.29, 0.717) is 17.2 Å². The molecule has 0 aliphatic carbocycles. The van der Waals surface area contributed by atoms with Gasteiger partial charge in [-0.3, -0.25) is 0 Å². The molecule has 1 aromatic rings. The fraction of sp³-hybridized carbons (Fsp3) is 0.462. The summed E-state index contributed by atoms with van der Waals surface area (Å²) in [6, 6.07) is 7.71. The van der Waals surface area contributed by atoms with Gasteiger partial charge in [-0.2, -0.15) is 5.26 Å². The van der Waals surface area contributed by atoms with Gasteiger partial charge in [0.1, 0.15) is 6.07 Å². The molecule has 2 N–H and O–H groups in total. The number of nitrogen functional groups attached to an aromatic ring is 1. The summed E-state index contributed by atoms with van der Waals surface area (Å²) in [6.07, 6.45) is 0.